The second-order valence-electron chi connectivity index (χ2n) is 5.70. The average Bonchev–Trinajstić information content (AvgIpc) is 2.27. The van der Waals surface area contributed by atoms with E-state index in [-0.39, 0.29) is 5.41 Å². The fourth-order valence-corrected chi connectivity index (χ4v) is 1.83. The van der Waals surface area contributed by atoms with Crippen LogP contribution in [0.2, 0.25) is 0 Å². The van der Waals surface area contributed by atoms with Gasteiger partial charge in [-0.25, -0.2) is 9.97 Å². The highest BCUT2D eigenvalue weighted by Gasteiger charge is 2.14. The van der Waals surface area contributed by atoms with E-state index in [1.807, 2.05) is 36.4 Å². The van der Waals surface area contributed by atoms with Crippen LogP contribution in [0.5, 0.6) is 0 Å². The predicted molar refractivity (Wildman–Crippen MR) is 75.0 cm³/mol. The summed E-state index contributed by atoms with van der Waals surface area (Å²) in [6, 6.07) is 11.9. The largest absolute Gasteiger partial charge is 0.384 e. The van der Waals surface area contributed by atoms with Gasteiger partial charge in [0.2, 0.25) is 0 Å². The minimum atomic E-state index is 0.155. The molecule has 0 aliphatic carbocycles. The van der Waals surface area contributed by atoms with Gasteiger partial charge in [0.05, 0.1) is 5.69 Å². The lowest BCUT2D eigenvalue weighted by molar-refractivity contribution is 0.401. The Morgan fingerprint density at radius 1 is 1.06 bits per heavy atom. The Hall–Kier alpha value is -1.90. The third-order valence-electron chi connectivity index (χ3n) is 2.55. The van der Waals surface area contributed by atoms with Crippen LogP contribution in [0.15, 0.2) is 36.4 Å². The summed E-state index contributed by atoms with van der Waals surface area (Å²) in [6.07, 6.45) is 0.817. The summed E-state index contributed by atoms with van der Waals surface area (Å²) in [5.41, 5.74) is 7.98. The molecular weight excluding hydrogens is 222 g/mol. The van der Waals surface area contributed by atoms with Crippen molar-refractivity contribution in [1.82, 2.24) is 9.97 Å². The summed E-state index contributed by atoms with van der Waals surface area (Å²) in [6.45, 7) is 6.51. The van der Waals surface area contributed by atoms with Gasteiger partial charge in [-0.1, -0.05) is 51.1 Å². The number of nitrogens with zero attached hydrogens (tertiary/aromatic N) is 2. The van der Waals surface area contributed by atoms with Gasteiger partial charge in [-0.05, 0) is 5.41 Å². The number of nitrogens with two attached hydrogens (primary N) is 1. The second-order valence-corrected chi connectivity index (χ2v) is 5.70. The number of aromatic nitrogens is 2. The van der Waals surface area contributed by atoms with Crippen molar-refractivity contribution in [3.63, 3.8) is 0 Å². The van der Waals surface area contributed by atoms with Crippen molar-refractivity contribution in [3.05, 3.63) is 42.2 Å². The molecule has 0 fully saturated rings. The topological polar surface area (TPSA) is 51.8 Å². The zero-order valence-electron chi connectivity index (χ0n) is 11.1. The molecular formula is C15H19N3. The molecule has 0 aliphatic heterocycles. The van der Waals surface area contributed by atoms with Gasteiger partial charge in [0.1, 0.15) is 11.6 Å². The molecule has 3 nitrogen and oxygen atoms in total. The summed E-state index contributed by atoms with van der Waals surface area (Å²) in [5, 5.41) is 0. The van der Waals surface area contributed by atoms with Crippen LogP contribution in [0.1, 0.15) is 26.6 Å². The Morgan fingerprint density at radius 3 is 2.33 bits per heavy atom. The van der Waals surface area contributed by atoms with Crippen molar-refractivity contribution >= 4 is 5.82 Å². The molecule has 1 aromatic carbocycles. The van der Waals surface area contributed by atoms with Gasteiger partial charge in [0, 0.05) is 18.1 Å². The van der Waals surface area contributed by atoms with Gasteiger partial charge in [-0.3, -0.25) is 0 Å². The SMILES string of the molecule is CC(C)(C)Cc1nc(N)cc(-c2ccccc2)n1. The summed E-state index contributed by atoms with van der Waals surface area (Å²) >= 11 is 0. The smallest absolute Gasteiger partial charge is 0.131 e. The number of anilines is 1. The van der Waals surface area contributed by atoms with E-state index in [4.69, 9.17) is 5.73 Å². The van der Waals surface area contributed by atoms with Crippen molar-refractivity contribution in [2.24, 2.45) is 5.41 Å². The molecule has 94 valence electrons. The van der Waals surface area contributed by atoms with E-state index in [2.05, 4.69) is 30.7 Å². The van der Waals surface area contributed by atoms with Crippen molar-refractivity contribution < 1.29 is 0 Å². The lowest BCUT2D eigenvalue weighted by atomic mass is 9.92. The molecule has 0 atom stereocenters. The highest BCUT2D eigenvalue weighted by molar-refractivity contribution is 5.61. The monoisotopic (exact) mass is 241 g/mol. The van der Waals surface area contributed by atoms with Crippen molar-refractivity contribution in [3.8, 4) is 11.3 Å². The van der Waals surface area contributed by atoms with Crippen LogP contribution in [-0.4, -0.2) is 9.97 Å². The molecule has 0 aliphatic rings. The number of nitrogen functional groups attached to an aromatic ring is 1. The average molecular weight is 241 g/mol. The summed E-state index contributed by atoms with van der Waals surface area (Å²) in [5.74, 6) is 1.34. The van der Waals surface area contributed by atoms with Crippen LogP contribution < -0.4 is 5.73 Å². The van der Waals surface area contributed by atoms with Gasteiger partial charge in [0.15, 0.2) is 0 Å². The van der Waals surface area contributed by atoms with E-state index in [0.717, 1.165) is 23.5 Å². The summed E-state index contributed by atoms with van der Waals surface area (Å²) in [4.78, 5) is 8.91. The molecule has 0 amide bonds. The molecule has 2 rings (SSSR count). The van der Waals surface area contributed by atoms with Crippen LogP contribution in [0.25, 0.3) is 11.3 Å². The zero-order chi connectivity index (χ0) is 13.2. The van der Waals surface area contributed by atoms with Gasteiger partial charge >= 0.3 is 0 Å². The fourth-order valence-electron chi connectivity index (χ4n) is 1.83. The number of hydrogen-bond acceptors (Lipinski definition) is 3. The number of rotatable bonds is 2. The summed E-state index contributed by atoms with van der Waals surface area (Å²) < 4.78 is 0. The first kappa shape index (κ1) is 12.6. The second kappa shape index (κ2) is 4.77. The number of hydrogen-bond donors (Lipinski definition) is 1. The van der Waals surface area contributed by atoms with Crippen LogP contribution in [-0.2, 0) is 6.42 Å². The first-order valence-corrected chi connectivity index (χ1v) is 6.13. The van der Waals surface area contributed by atoms with E-state index >= 15 is 0 Å². The minimum Gasteiger partial charge on any atom is -0.384 e. The normalized spacial score (nSPS) is 11.5. The van der Waals surface area contributed by atoms with Crippen LogP contribution in [0, 0.1) is 5.41 Å². The number of benzene rings is 1. The Bertz CT molecular complexity index is 527. The van der Waals surface area contributed by atoms with Gasteiger partial charge in [0.25, 0.3) is 0 Å². The van der Waals surface area contributed by atoms with E-state index in [1.165, 1.54) is 0 Å². The Balaban J connectivity index is 2.39. The lowest BCUT2D eigenvalue weighted by Crippen LogP contribution is -2.13. The molecule has 1 aromatic heterocycles. The van der Waals surface area contributed by atoms with Gasteiger partial charge in [-0.15, -0.1) is 0 Å². The van der Waals surface area contributed by atoms with E-state index in [9.17, 15) is 0 Å². The molecule has 0 bridgehead atoms. The predicted octanol–water partition coefficient (Wildman–Crippen LogP) is 3.31. The Morgan fingerprint density at radius 2 is 1.72 bits per heavy atom. The molecule has 2 aromatic rings. The Kier molecular flexibility index (Phi) is 3.32. The van der Waals surface area contributed by atoms with Crippen LogP contribution in [0.4, 0.5) is 5.82 Å². The Labute approximate surface area is 108 Å². The molecule has 0 saturated carbocycles. The van der Waals surface area contributed by atoms with Crippen LogP contribution >= 0.6 is 0 Å². The minimum absolute atomic E-state index is 0.155. The van der Waals surface area contributed by atoms with Gasteiger partial charge < -0.3 is 5.73 Å². The van der Waals surface area contributed by atoms with Crippen molar-refractivity contribution in [2.45, 2.75) is 27.2 Å². The summed E-state index contributed by atoms with van der Waals surface area (Å²) in [7, 11) is 0. The third-order valence-corrected chi connectivity index (χ3v) is 2.55. The zero-order valence-corrected chi connectivity index (χ0v) is 11.1. The highest BCUT2D eigenvalue weighted by Crippen LogP contribution is 2.22. The first-order chi connectivity index (χ1) is 8.44. The van der Waals surface area contributed by atoms with E-state index in [0.29, 0.717) is 5.82 Å². The van der Waals surface area contributed by atoms with Crippen molar-refractivity contribution in [2.75, 3.05) is 5.73 Å². The first-order valence-electron chi connectivity index (χ1n) is 6.13. The molecule has 0 unspecified atom stereocenters. The molecule has 3 heteroatoms. The third kappa shape index (κ3) is 3.29. The van der Waals surface area contributed by atoms with E-state index in [1.54, 1.807) is 0 Å². The maximum atomic E-state index is 5.86. The maximum absolute atomic E-state index is 5.86. The highest BCUT2D eigenvalue weighted by atomic mass is 14.9. The fraction of sp³-hybridized carbons (Fsp3) is 0.333. The quantitative estimate of drug-likeness (QED) is 0.877. The van der Waals surface area contributed by atoms with Crippen LogP contribution in [0.3, 0.4) is 0 Å². The lowest BCUT2D eigenvalue weighted by Gasteiger charge is -2.17. The molecule has 0 radical (unpaired) electrons. The van der Waals surface area contributed by atoms with Crippen molar-refractivity contribution in [1.29, 1.82) is 0 Å². The standard InChI is InChI=1S/C15H19N3/c1-15(2,3)10-14-17-12(9-13(16)18-14)11-7-5-4-6-8-11/h4-9H,10H2,1-3H3,(H2,16,17,18). The molecule has 0 spiro atoms. The molecule has 0 saturated heterocycles. The maximum Gasteiger partial charge on any atom is 0.131 e. The molecule has 2 N–H and O–H groups in total. The van der Waals surface area contributed by atoms with E-state index < -0.39 is 0 Å². The molecule has 1 heterocycles. The molecule has 18 heavy (non-hydrogen) atoms. The van der Waals surface area contributed by atoms with Gasteiger partial charge in [-0.2, -0.15) is 0 Å².